The van der Waals surface area contributed by atoms with Gasteiger partial charge in [-0.25, -0.2) is 0 Å². The van der Waals surface area contributed by atoms with Gasteiger partial charge in [0.25, 0.3) is 0 Å². The fraction of sp³-hybridized carbons (Fsp3) is 0.625. The maximum absolute atomic E-state index is 2.33. The predicted molar refractivity (Wildman–Crippen MR) is 75.7 cm³/mol. The molecule has 16 heavy (non-hydrogen) atoms. The summed E-state index contributed by atoms with van der Waals surface area (Å²) in [5.41, 5.74) is 0. The van der Waals surface area contributed by atoms with Gasteiger partial charge in [0.1, 0.15) is 0 Å². The fourth-order valence-electron chi connectivity index (χ4n) is 1.60. The van der Waals surface area contributed by atoms with Crippen molar-refractivity contribution in [3.05, 3.63) is 36.5 Å². The van der Waals surface area contributed by atoms with Crippen molar-refractivity contribution in [3.63, 3.8) is 0 Å². The average Bonchev–Trinajstić information content (AvgIpc) is 2.31. The molecule has 0 rings (SSSR count). The van der Waals surface area contributed by atoms with E-state index in [4.69, 9.17) is 0 Å². The molecule has 0 saturated carbocycles. The maximum Gasteiger partial charge on any atom is -0.0169 e. The van der Waals surface area contributed by atoms with Crippen LogP contribution in [0.4, 0.5) is 0 Å². The van der Waals surface area contributed by atoms with E-state index >= 15 is 0 Å². The van der Waals surface area contributed by atoms with Gasteiger partial charge >= 0.3 is 0 Å². The van der Waals surface area contributed by atoms with Crippen molar-refractivity contribution < 1.29 is 0 Å². The van der Waals surface area contributed by atoms with Gasteiger partial charge in [-0.15, -0.1) is 0 Å². The van der Waals surface area contributed by atoms with Crippen LogP contribution in [0.25, 0.3) is 0 Å². The molecular weight excluding hydrogens is 192 g/mol. The highest BCUT2D eigenvalue weighted by molar-refractivity contribution is 4.92. The molecule has 0 aliphatic carbocycles. The zero-order chi connectivity index (χ0) is 11.9. The van der Waals surface area contributed by atoms with Crippen molar-refractivity contribution in [3.8, 4) is 0 Å². The van der Waals surface area contributed by atoms with Crippen molar-refractivity contribution in [2.75, 3.05) is 0 Å². The lowest BCUT2D eigenvalue weighted by atomic mass is 10.1. The third kappa shape index (κ3) is 13.2. The van der Waals surface area contributed by atoms with Gasteiger partial charge in [-0.1, -0.05) is 56.2 Å². The molecule has 0 unspecified atom stereocenters. The first kappa shape index (κ1) is 15.2. The second kappa shape index (κ2) is 14.2. The quantitative estimate of drug-likeness (QED) is 0.321. The van der Waals surface area contributed by atoms with E-state index in [-0.39, 0.29) is 0 Å². The summed E-state index contributed by atoms with van der Waals surface area (Å²) in [6, 6.07) is 0. The Kier molecular flexibility index (Phi) is 13.5. The number of hydrogen-bond donors (Lipinski definition) is 0. The van der Waals surface area contributed by atoms with Crippen LogP contribution < -0.4 is 0 Å². The largest absolute Gasteiger partial charge is 0.0917 e. The van der Waals surface area contributed by atoms with Crippen LogP contribution in [-0.4, -0.2) is 0 Å². The lowest BCUT2D eigenvalue weighted by molar-refractivity contribution is 0.652. The van der Waals surface area contributed by atoms with Gasteiger partial charge in [0.15, 0.2) is 0 Å². The summed E-state index contributed by atoms with van der Waals surface area (Å²) in [5, 5.41) is 0. The Hall–Kier alpha value is -0.780. The first-order valence-electron chi connectivity index (χ1n) is 6.83. The van der Waals surface area contributed by atoms with E-state index in [0.29, 0.717) is 0 Å². The van der Waals surface area contributed by atoms with E-state index in [9.17, 15) is 0 Å². The lowest BCUT2D eigenvalue weighted by Crippen LogP contribution is -1.76. The molecule has 0 aromatic heterocycles. The Labute approximate surface area is 102 Å². The smallest absolute Gasteiger partial charge is 0.0169 e. The van der Waals surface area contributed by atoms with Crippen LogP contribution in [0.15, 0.2) is 36.5 Å². The molecule has 0 N–H and O–H groups in total. The molecule has 0 fully saturated rings. The zero-order valence-corrected chi connectivity index (χ0v) is 11.1. The van der Waals surface area contributed by atoms with Crippen LogP contribution in [-0.2, 0) is 0 Å². The summed E-state index contributed by atoms with van der Waals surface area (Å²) in [5.74, 6) is 0. The Morgan fingerprint density at radius 2 is 1.31 bits per heavy atom. The Balaban J connectivity index is 3.11. The Morgan fingerprint density at radius 3 is 1.94 bits per heavy atom. The molecule has 0 amide bonds. The molecule has 0 atom stereocenters. The summed E-state index contributed by atoms with van der Waals surface area (Å²) in [4.78, 5) is 0. The molecule has 0 heteroatoms. The highest BCUT2D eigenvalue weighted by Crippen LogP contribution is 2.06. The van der Waals surface area contributed by atoms with Crippen LogP contribution in [0.5, 0.6) is 0 Å². The van der Waals surface area contributed by atoms with Gasteiger partial charge in [-0.05, 0) is 45.4 Å². The molecule has 0 radical (unpaired) electrons. The summed E-state index contributed by atoms with van der Waals surface area (Å²) in [6.45, 7) is 4.27. The third-order valence-corrected chi connectivity index (χ3v) is 2.57. The zero-order valence-electron chi connectivity index (χ0n) is 11.1. The lowest BCUT2D eigenvalue weighted by Gasteiger charge is -1.96. The third-order valence-electron chi connectivity index (χ3n) is 2.57. The maximum atomic E-state index is 2.33. The summed E-state index contributed by atoms with van der Waals surface area (Å²) in [7, 11) is 0. The minimum Gasteiger partial charge on any atom is -0.0917 e. The first-order valence-corrected chi connectivity index (χ1v) is 6.83. The Bertz CT molecular complexity index is 196. The molecule has 0 heterocycles. The van der Waals surface area contributed by atoms with Crippen LogP contribution in [0, 0.1) is 0 Å². The van der Waals surface area contributed by atoms with Crippen LogP contribution in [0.1, 0.15) is 65.2 Å². The van der Waals surface area contributed by atoms with Gasteiger partial charge in [0.2, 0.25) is 0 Å². The van der Waals surface area contributed by atoms with Crippen LogP contribution >= 0.6 is 0 Å². The average molecular weight is 220 g/mol. The standard InChI is InChI=1S/C16H28/c1-3-5-7-9-11-13-15-16-14-12-10-8-6-4-2/h3,5-6,8,12,14H,4,7,9-11,13,15-16H2,1-2H3. The number of allylic oxidation sites excluding steroid dienone is 6. The summed E-state index contributed by atoms with van der Waals surface area (Å²) < 4.78 is 0. The topological polar surface area (TPSA) is 0 Å². The SMILES string of the molecule is CC=CCCCCCCC=CCC=CCC. The van der Waals surface area contributed by atoms with Crippen molar-refractivity contribution in [1.29, 1.82) is 0 Å². The van der Waals surface area contributed by atoms with Gasteiger partial charge in [0.05, 0.1) is 0 Å². The molecule has 0 aromatic rings. The second-order valence-corrected chi connectivity index (χ2v) is 4.15. The molecule has 0 bridgehead atoms. The predicted octanol–water partition coefficient (Wildman–Crippen LogP) is 5.82. The molecular formula is C16H28. The molecule has 0 aromatic carbocycles. The van der Waals surface area contributed by atoms with Gasteiger partial charge in [-0.2, -0.15) is 0 Å². The molecule has 0 aliphatic heterocycles. The monoisotopic (exact) mass is 220 g/mol. The Morgan fingerprint density at radius 1 is 0.688 bits per heavy atom. The van der Waals surface area contributed by atoms with Crippen molar-refractivity contribution >= 4 is 0 Å². The van der Waals surface area contributed by atoms with E-state index in [1.807, 2.05) is 0 Å². The van der Waals surface area contributed by atoms with Crippen molar-refractivity contribution in [2.45, 2.75) is 65.2 Å². The first-order chi connectivity index (χ1) is 7.91. The molecule has 0 nitrogen and oxygen atoms in total. The summed E-state index contributed by atoms with van der Waals surface area (Å²) >= 11 is 0. The van der Waals surface area contributed by atoms with Crippen molar-refractivity contribution in [1.82, 2.24) is 0 Å². The minimum absolute atomic E-state index is 1.11. The van der Waals surface area contributed by atoms with Crippen LogP contribution in [0.2, 0.25) is 0 Å². The second-order valence-electron chi connectivity index (χ2n) is 4.15. The normalized spacial score (nSPS) is 12.4. The van der Waals surface area contributed by atoms with E-state index in [0.717, 1.165) is 12.8 Å². The number of hydrogen-bond acceptors (Lipinski definition) is 0. The van der Waals surface area contributed by atoms with E-state index < -0.39 is 0 Å². The van der Waals surface area contributed by atoms with E-state index in [1.165, 1.54) is 38.5 Å². The highest BCUT2D eigenvalue weighted by Gasteiger charge is 1.86. The molecule has 0 spiro atoms. The van der Waals surface area contributed by atoms with Gasteiger partial charge in [-0.3, -0.25) is 0 Å². The number of unbranched alkanes of at least 4 members (excludes halogenated alkanes) is 5. The van der Waals surface area contributed by atoms with E-state index in [1.54, 1.807) is 0 Å². The molecule has 0 aliphatic rings. The van der Waals surface area contributed by atoms with Gasteiger partial charge < -0.3 is 0 Å². The summed E-state index contributed by atoms with van der Waals surface area (Å²) in [6.07, 6.45) is 23.7. The van der Waals surface area contributed by atoms with E-state index in [2.05, 4.69) is 50.3 Å². The molecule has 0 saturated heterocycles. The van der Waals surface area contributed by atoms with Crippen molar-refractivity contribution in [2.24, 2.45) is 0 Å². The minimum atomic E-state index is 1.11. The van der Waals surface area contributed by atoms with Crippen LogP contribution in [0.3, 0.4) is 0 Å². The molecule has 92 valence electrons. The van der Waals surface area contributed by atoms with Gasteiger partial charge in [0, 0.05) is 0 Å². The highest BCUT2D eigenvalue weighted by atomic mass is 13.9. The fourth-order valence-corrected chi connectivity index (χ4v) is 1.60. The number of rotatable bonds is 10.